The molecule has 0 aliphatic heterocycles. The molecule has 3 nitrogen and oxygen atoms in total. The number of anilines is 1. The SMILES string of the molecule is CNc1ncnc(CC(C)C)c1C. The third-order valence-corrected chi connectivity index (χ3v) is 2.03. The second-order valence-corrected chi connectivity index (χ2v) is 3.64. The monoisotopic (exact) mass is 179 g/mol. The van der Waals surface area contributed by atoms with Gasteiger partial charge in [-0.2, -0.15) is 0 Å². The zero-order valence-electron chi connectivity index (χ0n) is 8.76. The van der Waals surface area contributed by atoms with Gasteiger partial charge in [-0.05, 0) is 19.3 Å². The second kappa shape index (κ2) is 4.21. The normalized spacial score (nSPS) is 10.5. The molecule has 0 bridgehead atoms. The van der Waals surface area contributed by atoms with E-state index in [0.29, 0.717) is 5.92 Å². The third kappa shape index (κ3) is 2.41. The highest BCUT2D eigenvalue weighted by Crippen LogP contribution is 2.15. The van der Waals surface area contributed by atoms with Crippen LogP contribution in [0.1, 0.15) is 25.1 Å². The number of hydrogen-bond donors (Lipinski definition) is 1. The third-order valence-electron chi connectivity index (χ3n) is 2.03. The average Bonchev–Trinajstić information content (AvgIpc) is 2.08. The Morgan fingerprint density at radius 2 is 2.08 bits per heavy atom. The molecule has 1 aromatic rings. The maximum Gasteiger partial charge on any atom is 0.132 e. The Labute approximate surface area is 79.6 Å². The predicted molar refractivity (Wildman–Crippen MR) is 54.9 cm³/mol. The summed E-state index contributed by atoms with van der Waals surface area (Å²) in [6, 6.07) is 0. The molecule has 0 aromatic carbocycles. The molecule has 0 aliphatic carbocycles. The minimum Gasteiger partial charge on any atom is -0.373 e. The largest absolute Gasteiger partial charge is 0.373 e. The first-order valence-corrected chi connectivity index (χ1v) is 4.63. The van der Waals surface area contributed by atoms with Crippen LogP contribution in [0.15, 0.2) is 6.33 Å². The number of aromatic nitrogens is 2. The molecule has 0 unspecified atom stereocenters. The van der Waals surface area contributed by atoms with Crippen molar-refractivity contribution in [2.45, 2.75) is 27.2 Å². The number of hydrogen-bond acceptors (Lipinski definition) is 3. The molecular weight excluding hydrogens is 162 g/mol. The Bertz CT molecular complexity index is 281. The van der Waals surface area contributed by atoms with E-state index in [2.05, 4.69) is 36.1 Å². The van der Waals surface area contributed by atoms with Crippen molar-refractivity contribution in [3.63, 3.8) is 0 Å². The summed E-state index contributed by atoms with van der Waals surface area (Å²) >= 11 is 0. The van der Waals surface area contributed by atoms with Crippen LogP contribution in [0.3, 0.4) is 0 Å². The molecule has 0 saturated heterocycles. The van der Waals surface area contributed by atoms with Crippen LogP contribution in [0.5, 0.6) is 0 Å². The molecule has 0 spiro atoms. The fourth-order valence-electron chi connectivity index (χ4n) is 1.33. The molecule has 72 valence electrons. The Kier molecular flexibility index (Phi) is 3.23. The molecule has 3 heteroatoms. The van der Waals surface area contributed by atoms with Crippen LogP contribution < -0.4 is 5.32 Å². The lowest BCUT2D eigenvalue weighted by molar-refractivity contribution is 0.631. The number of rotatable bonds is 3. The van der Waals surface area contributed by atoms with E-state index >= 15 is 0 Å². The maximum atomic E-state index is 4.28. The zero-order chi connectivity index (χ0) is 9.84. The fourth-order valence-corrected chi connectivity index (χ4v) is 1.33. The standard InChI is InChI=1S/C10H17N3/c1-7(2)5-9-8(3)10(11-4)13-6-12-9/h6-7H,5H2,1-4H3,(H,11,12,13). The Hall–Kier alpha value is -1.12. The van der Waals surface area contributed by atoms with Gasteiger partial charge in [0.1, 0.15) is 12.1 Å². The summed E-state index contributed by atoms with van der Waals surface area (Å²) < 4.78 is 0. The number of nitrogens with zero attached hydrogens (tertiary/aromatic N) is 2. The molecule has 0 atom stereocenters. The summed E-state index contributed by atoms with van der Waals surface area (Å²) in [6.07, 6.45) is 2.64. The van der Waals surface area contributed by atoms with Crippen LogP contribution in [0, 0.1) is 12.8 Å². The lowest BCUT2D eigenvalue weighted by Crippen LogP contribution is -2.04. The van der Waals surface area contributed by atoms with Gasteiger partial charge >= 0.3 is 0 Å². The van der Waals surface area contributed by atoms with E-state index in [1.165, 1.54) is 5.56 Å². The number of nitrogens with one attached hydrogen (secondary N) is 1. The first-order valence-electron chi connectivity index (χ1n) is 4.63. The van der Waals surface area contributed by atoms with Gasteiger partial charge < -0.3 is 5.32 Å². The Morgan fingerprint density at radius 3 is 2.62 bits per heavy atom. The van der Waals surface area contributed by atoms with E-state index in [1.807, 2.05) is 7.05 Å². The second-order valence-electron chi connectivity index (χ2n) is 3.64. The van der Waals surface area contributed by atoms with E-state index in [1.54, 1.807) is 6.33 Å². The van der Waals surface area contributed by atoms with E-state index in [0.717, 1.165) is 17.9 Å². The van der Waals surface area contributed by atoms with Gasteiger partial charge in [0.25, 0.3) is 0 Å². The minimum absolute atomic E-state index is 0.637. The maximum absolute atomic E-state index is 4.28. The van der Waals surface area contributed by atoms with Gasteiger partial charge in [0.2, 0.25) is 0 Å². The van der Waals surface area contributed by atoms with Gasteiger partial charge in [0.15, 0.2) is 0 Å². The van der Waals surface area contributed by atoms with Crippen LogP contribution in [-0.4, -0.2) is 17.0 Å². The molecule has 1 aromatic heterocycles. The van der Waals surface area contributed by atoms with Gasteiger partial charge in [0.05, 0.1) is 0 Å². The van der Waals surface area contributed by atoms with E-state index < -0.39 is 0 Å². The highest BCUT2D eigenvalue weighted by molar-refractivity contribution is 5.44. The lowest BCUT2D eigenvalue weighted by atomic mass is 10.0. The molecule has 0 amide bonds. The Balaban J connectivity index is 2.94. The molecule has 1 rings (SSSR count). The van der Waals surface area contributed by atoms with E-state index in [4.69, 9.17) is 0 Å². The summed E-state index contributed by atoms with van der Waals surface area (Å²) in [5, 5.41) is 3.06. The first-order chi connectivity index (χ1) is 6.15. The summed E-state index contributed by atoms with van der Waals surface area (Å²) in [5.74, 6) is 1.57. The van der Waals surface area contributed by atoms with Crippen molar-refractivity contribution in [1.29, 1.82) is 0 Å². The molecular formula is C10H17N3. The van der Waals surface area contributed by atoms with E-state index in [9.17, 15) is 0 Å². The quantitative estimate of drug-likeness (QED) is 0.771. The lowest BCUT2D eigenvalue weighted by Gasteiger charge is -2.10. The summed E-state index contributed by atoms with van der Waals surface area (Å²) in [5.41, 5.74) is 2.31. The van der Waals surface area contributed by atoms with Gasteiger partial charge in [0, 0.05) is 18.3 Å². The zero-order valence-corrected chi connectivity index (χ0v) is 8.76. The predicted octanol–water partition coefficient (Wildman–Crippen LogP) is 2.03. The van der Waals surface area contributed by atoms with Crippen LogP contribution >= 0.6 is 0 Å². The van der Waals surface area contributed by atoms with Crippen molar-refractivity contribution in [1.82, 2.24) is 9.97 Å². The van der Waals surface area contributed by atoms with Gasteiger partial charge in [-0.1, -0.05) is 13.8 Å². The van der Waals surface area contributed by atoms with Gasteiger partial charge in [-0.15, -0.1) is 0 Å². The van der Waals surface area contributed by atoms with E-state index in [-0.39, 0.29) is 0 Å². The van der Waals surface area contributed by atoms with Gasteiger partial charge in [-0.3, -0.25) is 0 Å². The highest BCUT2D eigenvalue weighted by atomic mass is 15.0. The molecule has 1 heterocycles. The van der Waals surface area contributed by atoms with Crippen LogP contribution in [0.4, 0.5) is 5.82 Å². The van der Waals surface area contributed by atoms with Crippen molar-refractivity contribution in [2.24, 2.45) is 5.92 Å². The van der Waals surface area contributed by atoms with Crippen LogP contribution in [-0.2, 0) is 6.42 Å². The topological polar surface area (TPSA) is 37.8 Å². The van der Waals surface area contributed by atoms with Crippen molar-refractivity contribution < 1.29 is 0 Å². The molecule has 0 aliphatic rings. The van der Waals surface area contributed by atoms with Crippen LogP contribution in [0.25, 0.3) is 0 Å². The molecule has 13 heavy (non-hydrogen) atoms. The fraction of sp³-hybridized carbons (Fsp3) is 0.600. The smallest absolute Gasteiger partial charge is 0.132 e. The van der Waals surface area contributed by atoms with Crippen molar-refractivity contribution in [3.8, 4) is 0 Å². The average molecular weight is 179 g/mol. The van der Waals surface area contributed by atoms with Gasteiger partial charge in [-0.25, -0.2) is 9.97 Å². The van der Waals surface area contributed by atoms with Crippen molar-refractivity contribution in [2.75, 3.05) is 12.4 Å². The Morgan fingerprint density at radius 1 is 1.38 bits per heavy atom. The molecule has 0 saturated carbocycles. The summed E-state index contributed by atoms with van der Waals surface area (Å²) in [4.78, 5) is 8.42. The highest BCUT2D eigenvalue weighted by Gasteiger charge is 2.06. The van der Waals surface area contributed by atoms with Crippen LogP contribution in [0.2, 0.25) is 0 Å². The first kappa shape index (κ1) is 9.96. The summed E-state index contributed by atoms with van der Waals surface area (Å²) in [6.45, 7) is 6.45. The molecule has 1 N–H and O–H groups in total. The summed E-state index contributed by atoms with van der Waals surface area (Å²) in [7, 11) is 1.88. The van der Waals surface area contributed by atoms with Crippen molar-refractivity contribution >= 4 is 5.82 Å². The minimum atomic E-state index is 0.637. The molecule has 0 radical (unpaired) electrons. The van der Waals surface area contributed by atoms with Crippen molar-refractivity contribution in [3.05, 3.63) is 17.6 Å². The molecule has 0 fully saturated rings.